The summed E-state index contributed by atoms with van der Waals surface area (Å²) in [6, 6.07) is 2.26. The molecule has 0 atom stereocenters. The maximum absolute atomic E-state index is 9.37. The number of hydrogen-bond acceptors (Lipinski definition) is 1. The highest BCUT2D eigenvalue weighted by Crippen LogP contribution is 2.19. The van der Waals surface area contributed by atoms with E-state index in [1.54, 1.807) is 6.92 Å². The first-order chi connectivity index (χ1) is 14.5. The van der Waals surface area contributed by atoms with Gasteiger partial charge in [0.1, 0.15) is 0 Å². The summed E-state index contributed by atoms with van der Waals surface area (Å²) in [7, 11) is 0. The standard InChI is InChI=1S/C11H16.C5H12.C4H10.C3H6O2.3C2H6/c1-7-6-8(2)10(4)11(5)9(7)3;1-4-5(2)3;1-3-4-2;1-2-3(4)5;3*1-2/h6H,1-5H3;5H,4H2,1-3H3;3-4H2,1-2H3;2H2,1H3,(H,4,5);3*1-2H3. The van der Waals surface area contributed by atoms with Gasteiger partial charge in [-0.1, -0.05) is 108 Å². The Morgan fingerprint density at radius 2 is 0.935 bits per heavy atom. The predicted molar refractivity (Wildman–Crippen MR) is 148 cm³/mol. The summed E-state index contributed by atoms with van der Waals surface area (Å²) < 4.78 is 0. The normalized spacial score (nSPS) is 7.94. The van der Waals surface area contributed by atoms with Crippen LogP contribution in [0.5, 0.6) is 0 Å². The maximum Gasteiger partial charge on any atom is 0.303 e. The first-order valence-corrected chi connectivity index (χ1v) is 12.8. The Kier molecular flexibility index (Phi) is 50.7. The first kappa shape index (κ1) is 43.5. The molecule has 1 rings (SSSR count). The van der Waals surface area contributed by atoms with Crippen molar-refractivity contribution in [3.8, 4) is 0 Å². The van der Waals surface area contributed by atoms with Crippen molar-refractivity contribution in [2.45, 2.75) is 143 Å². The molecule has 31 heavy (non-hydrogen) atoms. The SMILES string of the molecule is CC.CC.CC.CCC(=O)O.CCC(C)C.CCCC.Cc1cc(C)c(C)c(C)c1C. The van der Waals surface area contributed by atoms with Gasteiger partial charge in [-0.25, -0.2) is 0 Å². The number of rotatable bonds is 3. The van der Waals surface area contributed by atoms with Gasteiger partial charge in [0.2, 0.25) is 0 Å². The third kappa shape index (κ3) is 36.4. The molecule has 0 aliphatic carbocycles. The van der Waals surface area contributed by atoms with E-state index in [-0.39, 0.29) is 6.42 Å². The van der Waals surface area contributed by atoms with Crippen molar-refractivity contribution in [1.82, 2.24) is 0 Å². The van der Waals surface area contributed by atoms with Crippen LogP contribution in [0.4, 0.5) is 0 Å². The van der Waals surface area contributed by atoms with Gasteiger partial charge in [0.25, 0.3) is 0 Å². The van der Waals surface area contributed by atoms with Gasteiger partial charge in [0.15, 0.2) is 0 Å². The molecule has 0 saturated carbocycles. The number of carboxylic acid groups (broad SMARTS) is 1. The molecule has 0 bridgehead atoms. The average molecular weight is 443 g/mol. The van der Waals surface area contributed by atoms with Gasteiger partial charge in [-0.15, -0.1) is 0 Å². The molecule has 2 heteroatoms. The zero-order valence-electron chi connectivity index (χ0n) is 24.8. The van der Waals surface area contributed by atoms with E-state index in [1.165, 1.54) is 47.1 Å². The van der Waals surface area contributed by atoms with E-state index < -0.39 is 5.97 Å². The monoisotopic (exact) mass is 442 g/mol. The van der Waals surface area contributed by atoms with Crippen LogP contribution in [0, 0.1) is 40.5 Å². The molecule has 0 spiro atoms. The van der Waals surface area contributed by atoms with Crippen LogP contribution in [0.25, 0.3) is 0 Å². The number of benzene rings is 1. The smallest absolute Gasteiger partial charge is 0.303 e. The number of unbranched alkanes of at least 4 members (excludes halogenated alkanes) is 1. The van der Waals surface area contributed by atoms with Crippen molar-refractivity contribution in [2.75, 3.05) is 0 Å². The summed E-state index contributed by atoms with van der Waals surface area (Å²) in [5.41, 5.74) is 7.14. The molecule has 2 nitrogen and oxygen atoms in total. The molecule has 190 valence electrons. The summed E-state index contributed by atoms with van der Waals surface area (Å²) in [5.74, 6) is 0.139. The number of aliphatic carboxylic acids is 1. The highest BCUT2D eigenvalue weighted by atomic mass is 16.4. The average Bonchev–Trinajstić information content (AvgIpc) is 2.81. The molecule has 0 amide bonds. The fraction of sp³-hybridized carbons (Fsp3) is 0.759. The van der Waals surface area contributed by atoms with Crippen molar-refractivity contribution in [1.29, 1.82) is 0 Å². The maximum atomic E-state index is 9.37. The van der Waals surface area contributed by atoms with Crippen molar-refractivity contribution >= 4 is 5.97 Å². The molecule has 0 aromatic heterocycles. The summed E-state index contributed by atoms with van der Waals surface area (Å²) >= 11 is 0. The van der Waals surface area contributed by atoms with E-state index in [9.17, 15) is 4.79 Å². The number of aryl methyl sites for hydroxylation is 2. The summed E-state index contributed by atoms with van der Waals surface area (Å²) in [5, 5.41) is 7.72. The Morgan fingerprint density at radius 1 is 0.710 bits per heavy atom. The van der Waals surface area contributed by atoms with Gasteiger partial charge in [-0.05, 0) is 68.4 Å². The van der Waals surface area contributed by atoms with E-state index >= 15 is 0 Å². The Labute approximate surface area is 199 Å². The molecular formula is C29H62O2. The minimum absolute atomic E-state index is 0.222. The van der Waals surface area contributed by atoms with Crippen LogP contribution in [-0.4, -0.2) is 11.1 Å². The molecule has 0 radical (unpaired) electrons. The van der Waals surface area contributed by atoms with Gasteiger partial charge in [-0.2, -0.15) is 0 Å². The third-order valence-corrected chi connectivity index (χ3v) is 4.36. The van der Waals surface area contributed by atoms with Gasteiger partial charge in [0, 0.05) is 6.42 Å². The van der Waals surface area contributed by atoms with E-state index in [0.717, 1.165) is 5.92 Å². The lowest BCUT2D eigenvalue weighted by molar-refractivity contribution is -0.136. The van der Waals surface area contributed by atoms with E-state index in [0.29, 0.717) is 0 Å². The molecular weight excluding hydrogens is 380 g/mol. The van der Waals surface area contributed by atoms with Gasteiger partial charge < -0.3 is 5.11 Å². The van der Waals surface area contributed by atoms with Crippen molar-refractivity contribution in [3.05, 3.63) is 33.9 Å². The molecule has 1 N–H and O–H groups in total. The first-order valence-electron chi connectivity index (χ1n) is 12.8. The predicted octanol–water partition coefficient (Wildman–Crippen LogP) is 10.6. The molecule has 1 aromatic carbocycles. The fourth-order valence-corrected chi connectivity index (χ4v) is 1.41. The quantitative estimate of drug-likeness (QED) is 0.505. The second-order valence-corrected chi connectivity index (χ2v) is 6.93. The van der Waals surface area contributed by atoms with E-state index in [4.69, 9.17) is 5.11 Å². The fourth-order valence-electron chi connectivity index (χ4n) is 1.41. The highest BCUT2D eigenvalue weighted by molar-refractivity contribution is 5.66. The number of carboxylic acids is 1. The minimum atomic E-state index is -0.745. The summed E-state index contributed by atoms with van der Waals surface area (Å²) in [6.07, 6.45) is 4.17. The number of hydrogen-bond donors (Lipinski definition) is 1. The molecule has 0 fully saturated rings. The third-order valence-electron chi connectivity index (χ3n) is 4.36. The lowest BCUT2D eigenvalue weighted by Crippen LogP contribution is -1.93. The molecule has 0 saturated heterocycles. The van der Waals surface area contributed by atoms with E-state index in [2.05, 4.69) is 75.3 Å². The molecule has 0 aliphatic rings. The Bertz CT molecular complexity index is 432. The Balaban J connectivity index is -0.0000000670. The number of carbonyl (C=O) groups is 1. The van der Waals surface area contributed by atoms with Gasteiger partial charge >= 0.3 is 5.97 Å². The zero-order chi connectivity index (χ0) is 26.6. The van der Waals surface area contributed by atoms with Crippen LogP contribution >= 0.6 is 0 Å². The molecule has 0 unspecified atom stereocenters. The van der Waals surface area contributed by atoms with Crippen LogP contribution in [-0.2, 0) is 4.79 Å². The van der Waals surface area contributed by atoms with E-state index in [1.807, 2.05) is 41.5 Å². The van der Waals surface area contributed by atoms with Crippen LogP contribution in [0.1, 0.15) is 137 Å². The molecule has 0 aliphatic heterocycles. The van der Waals surface area contributed by atoms with Gasteiger partial charge in [0.05, 0.1) is 0 Å². The Hall–Kier alpha value is -1.31. The summed E-state index contributed by atoms with van der Waals surface area (Å²) in [4.78, 5) is 9.37. The molecule has 0 heterocycles. The van der Waals surface area contributed by atoms with Crippen LogP contribution in [0.3, 0.4) is 0 Å². The lowest BCUT2D eigenvalue weighted by Gasteiger charge is -2.10. The van der Waals surface area contributed by atoms with Crippen molar-refractivity contribution < 1.29 is 9.90 Å². The summed E-state index contributed by atoms with van der Waals surface area (Å²) in [6.45, 7) is 35.5. The topological polar surface area (TPSA) is 37.3 Å². The largest absolute Gasteiger partial charge is 0.481 e. The lowest BCUT2D eigenvalue weighted by atomic mass is 9.96. The van der Waals surface area contributed by atoms with Crippen molar-refractivity contribution in [2.24, 2.45) is 5.92 Å². The van der Waals surface area contributed by atoms with Crippen LogP contribution < -0.4 is 0 Å². The second kappa shape index (κ2) is 36.1. The zero-order valence-corrected chi connectivity index (χ0v) is 24.8. The van der Waals surface area contributed by atoms with Crippen LogP contribution in [0.15, 0.2) is 6.07 Å². The second-order valence-electron chi connectivity index (χ2n) is 6.93. The van der Waals surface area contributed by atoms with Gasteiger partial charge in [-0.3, -0.25) is 4.79 Å². The Morgan fingerprint density at radius 3 is 1.06 bits per heavy atom. The highest BCUT2D eigenvalue weighted by Gasteiger charge is 2.02. The van der Waals surface area contributed by atoms with Crippen LogP contribution in [0.2, 0.25) is 0 Å². The minimum Gasteiger partial charge on any atom is -0.481 e. The van der Waals surface area contributed by atoms with Crippen molar-refractivity contribution in [3.63, 3.8) is 0 Å². The molecule has 1 aromatic rings.